The fraction of sp³-hybridized carbons (Fsp3) is 0.409. The normalized spacial score (nSPS) is 16.7. The smallest absolute Gasteiger partial charge is 0.317 e. The van der Waals surface area contributed by atoms with Gasteiger partial charge in [-0.2, -0.15) is 0 Å². The van der Waals surface area contributed by atoms with Crippen molar-refractivity contribution in [1.29, 1.82) is 0 Å². The van der Waals surface area contributed by atoms with Crippen molar-refractivity contribution in [3.8, 4) is 0 Å². The fourth-order valence-corrected chi connectivity index (χ4v) is 3.49. The van der Waals surface area contributed by atoms with Crippen LogP contribution in [0.1, 0.15) is 36.9 Å². The van der Waals surface area contributed by atoms with Gasteiger partial charge in [0, 0.05) is 32.7 Å². The number of rotatable bonds is 5. The van der Waals surface area contributed by atoms with Gasteiger partial charge in [-0.15, -0.1) is 0 Å². The Bertz CT molecular complexity index is 727. The molecule has 1 unspecified atom stereocenters. The van der Waals surface area contributed by atoms with E-state index in [0.717, 1.165) is 38.0 Å². The van der Waals surface area contributed by atoms with Gasteiger partial charge in [0.15, 0.2) is 0 Å². The summed E-state index contributed by atoms with van der Waals surface area (Å²) in [6.07, 6.45) is 1.91. The summed E-state index contributed by atoms with van der Waals surface area (Å²) < 4.78 is 13.1. The zero-order valence-electron chi connectivity index (χ0n) is 16.1. The van der Waals surface area contributed by atoms with Crippen LogP contribution in [0, 0.1) is 5.82 Å². The SMILES string of the molecule is CC(c1ccc(F)cc1)N(C)C(=O)NC1CCN(Cc2ccccc2)CC1. The van der Waals surface area contributed by atoms with E-state index in [2.05, 4.69) is 34.5 Å². The number of hydrogen-bond donors (Lipinski definition) is 1. The van der Waals surface area contributed by atoms with Crippen LogP contribution in [0.4, 0.5) is 9.18 Å². The van der Waals surface area contributed by atoms with E-state index in [9.17, 15) is 9.18 Å². The van der Waals surface area contributed by atoms with Crippen LogP contribution in [0.3, 0.4) is 0 Å². The van der Waals surface area contributed by atoms with E-state index in [-0.39, 0.29) is 23.9 Å². The standard InChI is InChI=1S/C22H28FN3O/c1-17(19-8-10-20(23)11-9-19)25(2)22(27)24-21-12-14-26(15-13-21)16-18-6-4-3-5-7-18/h3-11,17,21H,12-16H2,1-2H3,(H,24,27). The van der Waals surface area contributed by atoms with Gasteiger partial charge in [0.2, 0.25) is 0 Å². The quantitative estimate of drug-likeness (QED) is 0.858. The van der Waals surface area contributed by atoms with Crippen molar-refractivity contribution in [3.05, 3.63) is 71.5 Å². The van der Waals surface area contributed by atoms with E-state index in [1.807, 2.05) is 13.0 Å². The maximum Gasteiger partial charge on any atom is 0.317 e. The summed E-state index contributed by atoms with van der Waals surface area (Å²) in [5, 5.41) is 3.15. The van der Waals surface area contributed by atoms with Crippen LogP contribution in [0.5, 0.6) is 0 Å². The van der Waals surface area contributed by atoms with Crippen molar-refractivity contribution in [3.63, 3.8) is 0 Å². The number of likely N-dealkylation sites (tertiary alicyclic amines) is 1. The first-order valence-corrected chi connectivity index (χ1v) is 9.58. The number of piperidine rings is 1. The summed E-state index contributed by atoms with van der Waals surface area (Å²) in [5.41, 5.74) is 2.25. The number of hydrogen-bond acceptors (Lipinski definition) is 2. The van der Waals surface area contributed by atoms with Crippen molar-refractivity contribution < 1.29 is 9.18 Å². The molecule has 1 atom stereocenters. The minimum atomic E-state index is -0.264. The predicted octanol–water partition coefficient (Wildman–Crippen LogP) is 4.19. The number of urea groups is 1. The summed E-state index contributed by atoms with van der Waals surface area (Å²) in [5.74, 6) is -0.264. The Morgan fingerprint density at radius 1 is 1.15 bits per heavy atom. The molecule has 1 saturated heterocycles. The molecule has 0 aromatic heterocycles. The van der Waals surface area contributed by atoms with E-state index >= 15 is 0 Å². The van der Waals surface area contributed by atoms with Gasteiger partial charge in [-0.3, -0.25) is 4.90 Å². The fourth-order valence-electron chi connectivity index (χ4n) is 3.49. The average Bonchev–Trinajstić information content (AvgIpc) is 2.69. The van der Waals surface area contributed by atoms with Gasteiger partial charge in [0.25, 0.3) is 0 Å². The number of halogens is 1. The van der Waals surface area contributed by atoms with Gasteiger partial charge in [0.1, 0.15) is 5.82 Å². The molecule has 4 nitrogen and oxygen atoms in total. The van der Waals surface area contributed by atoms with E-state index in [4.69, 9.17) is 0 Å². The van der Waals surface area contributed by atoms with Crippen LogP contribution in [0.15, 0.2) is 54.6 Å². The summed E-state index contributed by atoms with van der Waals surface area (Å²) in [7, 11) is 1.79. The summed E-state index contributed by atoms with van der Waals surface area (Å²) in [4.78, 5) is 16.7. The molecule has 0 radical (unpaired) electrons. The van der Waals surface area contributed by atoms with Crippen molar-refractivity contribution in [2.45, 2.75) is 38.4 Å². The first-order valence-electron chi connectivity index (χ1n) is 9.58. The molecule has 1 fully saturated rings. The summed E-state index contributed by atoms with van der Waals surface area (Å²) in [6, 6.07) is 16.8. The Balaban J connectivity index is 1.46. The average molecular weight is 369 g/mol. The molecule has 1 N–H and O–H groups in total. The number of amides is 2. The lowest BCUT2D eigenvalue weighted by molar-refractivity contribution is 0.167. The molecule has 0 aliphatic carbocycles. The number of nitrogens with one attached hydrogen (secondary N) is 1. The van der Waals surface area contributed by atoms with Gasteiger partial charge >= 0.3 is 6.03 Å². The molecule has 1 heterocycles. The molecular formula is C22H28FN3O. The van der Waals surface area contributed by atoms with Crippen LogP contribution < -0.4 is 5.32 Å². The Kier molecular flexibility index (Phi) is 6.45. The number of nitrogens with zero attached hydrogens (tertiary/aromatic N) is 2. The second-order valence-electron chi connectivity index (χ2n) is 7.32. The minimum absolute atomic E-state index is 0.0756. The monoisotopic (exact) mass is 369 g/mol. The first kappa shape index (κ1) is 19.4. The lowest BCUT2D eigenvalue weighted by atomic mass is 10.0. The highest BCUT2D eigenvalue weighted by molar-refractivity contribution is 5.74. The Hall–Kier alpha value is -2.40. The summed E-state index contributed by atoms with van der Waals surface area (Å²) >= 11 is 0. The van der Waals surface area contributed by atoms with E-state index < -0.39 is 0 Å². The third-order valence-corrected chi connectivity index (χ3v) is 5.42. The molecule has 1 aliphatic heterocycles. The zero-order valence-corrected chi connectivity index (χ0v) is 16.1. The van der Waals surface area contributed by atoms with Crippen LogP contribution in [-0.2, 0) is 6.54 Å². The maximum atomic E-state index is 13.1. The van der Waals surface area contributed by atoms with Gasteiger partial charge in [0.05, 0.1) is 6.04 Å². The molecule has 144 valence electrons. The highest BCUT2D eigenvalue weighted by Gasteiger charge is 2.24. The Labute approximate surface area is 161 Å². The van der Waals surface area contributed by atoms with Gasteiger partial charge < -0.3 is 10.2 Å². The van der Waals surface area contributed by atoms with E-state index in [1.54, 1.807) is 24.1 Å². The zero-order chi connectivity index (χ0) is 19.2. The minimum Gasteiger partial charge on any atom is -0.335 e. The lowest BCUT2D eigenvalue weighted by Crippen LogP contribution is -2.48. The van der Waals surface area contributed by atoms with Crippen LogP contribution >= 0.6 is 0 Å². The molecule has 5 heteroatoms. The summed E-state index contributed by atoms with van der Waals surface area (Å²) in [6.45, 7) is 4.88. The molecule has 3 rings (SSSR count). The van der Waals surface area contributed by atoms with Gasteiger partial charge in [-0.05, 0) is 43.0 Å². The number of benzene rings is 2. The van der Waals surface area contributed by atoms with Crippen LogP contribution in [0.25, 0.3) is 0 Å². The highest BCUT2D eigenvalue weighted by Crippen LogP contribution is 2.20. The van der Waals surface area contributed by atoms with Crippen LogP contribution in [-0.4, -0.2) is 42.0 Å². The number of carbonyl (C=O) groups is 1. The predicted molar refractivity (Wildman–Crippen MR) is 106 cm³/mol. The van der Waals surface area contributed by atoms with Gasteiger partial charge in [-0.1, -0.05) is 42.5 Å². The topological polar surface area (TPSA) is 35.6 Å². The molecule has 2 aromatic carbocycles. The van der Waals surface area contributed by atoms with E-state index in [1.165, 1.54) is 17.7 Å². The van der Waals surface area contributed by atoms with Crippen molar-refractivity contribution in [2.75, 3.05) is 20.1 Å². The first-order chi connectivity index (χ1) is 13.0. The third kappa shape index (κ3) is 5.30. The molecule has 2 amide bonds. The highest BCUT2D eigenvalue weighted by atomic mass is 19.1. The van der Waals surface area contributed by atoms with Crippen molar-refractivity contribution >= 4 is 6.03 Å². The maximum absolute atomic E-state index is 13.1. The van der Waals surface area contributed by atoms with E-state index in [0.29, 0.717) is 0 Å². The second-order valence-corrected chi connectivity index (χ2v) is 7.32. The number of carbonyl (C=O) groups excluding carboxylic acids is 1. The lowest BCUT2D eigenvalue weighted by Gasteiger charge is -2.34. The molecule has 1 aliphatic rings. The van der Waals surface area contributed by atoms with Crippen molar-refractivity contribution in [2.24, 2.45) is 0 Å². The Morgan fingerprint density at radius 2 is 1.78 bits per heavy atom. The molecule has 2 aromatic rings. The third-order valence-electron chi connectivity index (χ3n) is 5.42. The molecule has 0 spiro atoms. The molecular weight excluding hydrogens is 341 g/mol. The largest absolute Gasteiger partial charge is 0.335 e. The van der Waals surface area contributed by atoms with Crippen LogP contribution in [0.2, 0.25) is 0 Å². The molecule has 0 saturated carbocycles. The molecule has 27 heavy (non-hydrogen) atoms. The molecule has 0 bridgehead atoms. The van der Waals surface area contributed by atoms with Gasteiger partial charge in [-0.25, -0.2) is 9.18 Å². The second kappa shape index (κ2) is 9.00. The van der Waals surface area contributed by atoms with Crippen molar-refractivity contribution in [1.82, 2.24) is 15.1 Å². The Morgan fingerprint density at radius 3 is 2.41 bits per heavy atom.